The molecule has 1 saturated heterocycles. The first-order valence-corrected chi connectivity index (χ1v) is 8.06. The fourth-order valence-corrected chi connectivity index (χ4v) is 6.73. The van der Waals surface area contributed by atoms with Gasteiger partial charge in [0.2, 0.25) is 0 Å². The Kier molecular flexibility index (Phi) is 2.11. The van der Waals surface area contributed by atoms with Gasteiger partial charge in [0.05, 0.1) is 22.4 Å². The summed E-state index contributed by atoms with van der Waals surface area (Å²) in [6.07, 6.45) is -0.780. The Hall–Kier alpha value is -0.650. The van der Waals surface area contributed by atoms with Gasteiger partial charge < -0.3 is 10.2 Å². The minimum absolute atomic E-state index is 0.0605. The smallest absolute Gasteiger partial charge is 0.168 e. The molecule has 0 aromatic rings. The van der Waals surface area contributed by atoms with Crippen LogP contribution in [0.3, 0.4) is 0 Å². The van der Waals surface area contributed by atoms with E-state index in [4.69, 9.17) is 0 Å². The van der Waals surface area contributed by atoms with Crippen molar-refractivity contribution in [1.29, 1.82) is 0 Å². The monoisotopic (exact) mass is 294 g/mol. The van der Waals surface area contributed by atoms with Gasteiger partial charge in [0.1, 0.15) is 5.78 Å². The van der Waals surface area contributed by atoms with E-state index >= 15 is 0 Å². The molecule has 4 bridgehead atoms. The van der Waals surface area contributed by atoms with Crippen molar-refractivity contribution >= 4 is 23.3 Å². The Labute approximate surface area is 121 Å². The number of fused-ring (bicyclic) bond motifs is 1. The number of thioether (sulfide) groups is 1. The van der Waals surface area contributed by atoms with Crippen LogP contribution in [-0.2, 0) is 9.59 Å². The molecule has 2 N–H and O–H groups in total. The number of ketones is 2. The van der Waals surface area contributed by atoms with E-state index in [1.165, 1.54) is 11.8 Å². The standard InChI is InChI=1S/C15H18O4S/c1-13(2)10(17)8-9(11(13)18)14(3)6-5-20-12(8)15(14,19)4-7(6)16/h6,11-12,18-19H,4-5H2,1-3H3/t6-,11-,12-,14+,15+/m0/s1. The zero-order valence-electron chi connectivity index (χ0n) is 11.8. The minimum Gasteiger partial charge on any atom is -0.388 e. The van der Waals surface area contributed by atoms with Crippen molar-refractivity contribution in [2.24, 2.45) is 16.7 Å². The fourth-order valence-electron chi connectivity index (χ4n) is 4.82. The second-order valence-corrected chi connectivity index (χ2v) is 8.45. The molecule has 5 heteroatoms. The Morgan fingerprint density at radius 1 is 1.25 bits per heavy atom. The summed E-state index contributed by atoms with van der Waals surface area (Å²) in [5.41, 5.74) is -1.54. The first-order valence-electron chi connectivity index (χ1n) is 7.01. The maximum absolute atomic E-state index is 12.7. The summed E-state index contributed by atoms with van der Waals surface area (Å²) >= 11 is 1.51. The molecule has 2 fully saturated rings. The predicted octanol–water partition coefficient (Wildman–Crippen LogP) is 0.708. The molecule has 4 rings (SSSR count). The average Bonchev–Trinajstić information content (AvgIpc) is 2.65. The molecule has 1 saturated carbocycles. The van der Waals surface area contributed by atoms with E-state index in [1.807, 2.05) is 6.92 Å². The molecule has 20 heavy (non-hydrogen) atoms. The van der Waals surface area contributed by atoms with Gasteiger partial charge in [-0.25, -0.2) is 0 Å². The quantitative estimate of drug-likeness (QED) is 0.688. The first-order chi connectivity index (χ1) is 9.17. The molecule has 1 heterocycles. The van der Waals surface area contributed by atoms with Gasteiger partial charge in [-0.2, -0.15) is 0 Å². The van der Waals surface area contributed by atoms with Crippen molar-refractivity contribution in [3.63, 3.8) is 0 Å². The molecule has 0 aromatic carbocycles. The number of hydrogen-bond acceptors (Lipinski definition) is 5. The molecule has 4 aliphatic rings. The summed E-state index contributed by atoms with van der Waals surface area (Å²) in [5, 5.41) is 21.4. The van der Waals surface area contributed by atoms with Gasteiger partial charge in [-0.05, 0) is 19.4 Å². The van der Waals surface area contributed by atoms with Crippen molar-refractivity contribution in [3.05, 3.63) is 11.1 Å². The van der Waals surface area contributed by atoms with Crippen LogP contribution in [0.25, 0.3) is 0 Å². The lowest BCUT2D eigenvalue weighted by Gasteiger charge is -2.47. The van der Waals surface area contributed by atoms with E-state index in [2.05, 4.69) is 0 Å². The molecular formula is C15H18O4S. The molecule has 0 unspecified atom stereocenters. The van der Waals surface area contributed by atoms with E-state index in [0.717, 1.165) is 0 Å². The van der Waals surface area contributed by atoms with E-state index < -0.39 is 22.5 Å². The SMILES string of the molecule is CC1(C)C(=O)C2=C([C@@H]1O)[C@@]1(C)[C@H]3CS[C@@H]2[C@]1(O)CC3=O. The van der Waals surface area contributed by atoms with Gasteiger partial charge in [0, 0.05) is 29.1 Å². The fraction of sp³-hybridized carbons (Fsp3) is 0.733. The second kappa shape index (κ2) is 3.23. The maximum atomic E-state index is 12.7. The number of carbonyl (C=O) groups is 2. The average molecular weight is 294 g/mol. The molecule has 1 aliphatic heterocycles. The van der Waals surface area contributed by atoms with Gasteiger partial charge in [0.15, 0.2) is 5.78 Å². The first kappa shape index (κ1) is 13.0. The van der Waals surface area contributed by atoms with Crippen LogP contribution in [0.2, 0.25) is 0 Å². The number of aliphatic hydroxyl groups excluding tert-OH is 1. The van der Waals surface area contributed by atoms with Crippen molar-refractivity contribution in [2.75, 3.05) is 5.75 Å². The number of carbonyl (C=O) groups excluding carboxylic acids is 2. The van der Waals surface area contributed by atoms with Crippen LogP contribution in [0, 0.1) is 16.7 Å². The number of Topliss-reactive ketones (excluding diaryl/α,β-unsaturated/α-hetero) is 2. The molecule has 0 radical (unpaired) electrons. The normalized spacial score (nSPS) is 52.0. The summed E-state index contributed by atoms with van der Waals surface area (Å²) in [4.78, 5) is 24.9. The molecule has 3 aliphatic carbocycles. The summed E-state index contributed by atoms with van der Waals surface area (Å²) < 4.78 is 0. The van der Waals surface area contributed by atoms with Gasteiger partial charge in [-0.1, -0.05) is 6.92 Å². The van der Waals surface area contributed by atoms with Crippen molar-refractivity contribution < 1.29 is 19.8 Å². The highest BCUT2D eigenvalue weighted by atomic mass is 32.2. The van der Waals surface area contributed by atoms with Gasteiger partial charge >= 0.3 is 0 Å². The summed E-state index contributed by atoms with van der Waals surface area (Å²) in [6, 6.07) is 0. The van der Waals surface area contributed by atoms with Crippen molar-refractivity contribution in [3.8, 4) is 0 Å². The lowest BCUT2D eigenvalue weighted by Crippen LogP contribution is -2.55. The van der Waals surface area contributed by atoms with E-state index in [-0.39, 0.29) is 29.2 Å². The van der Waals surface area contributed by atoms with Gasteiger partial charge in [-0.15, -0.1) is 11.8 Å². The van der Waals surface area contributed by atoms with Crippen molar-refractivity contribution in [1.82, 2.24) is 0 Å². The largest absolute Gasteiger partial charge is 0.388 e. The van der Waals surface area contributed by atoms with Gasteiger partial charge in [0.25, 0.3) is 0 Å². The molecule has 0 amide bonds. The summed E-state index contributed by atoms with van der Waals surface area (Å²) in [5.74, 6) is 0.364. The van der Waals surface area contributed by atoms with E-state index in [0.29, 0.717) is 16.9 Å². The third-order valence-corrected chi connectivity index (χ3v) is 7.68. The Morgan fingerprint density at radius 2 is 1.90 bits per heavy atom. The number of hydrogen-bond donors (Lipinski definition) is 2. The molecule has 4 nitrogen and oxygen atoms in total. The van der Waals surface area contributed by atoms with Crippen LogP contribution in [0.5, 0.6) is 0 Å². The zero-order chi connectivity index (χ0) is 14.7. The van der Waals surface area contributed by atoms with Crippen LogP contribution in [0.4, 0.5) is 0 Å². The van der Waals surface area contributed by atoms with E-state index in [1.54, 1.807) is 13.8 Å². The Morgan fingerprint density at radius 3 is 2.55 bits per heavy atom. The Bertz CT molecular complexity index is 607. The third kappa shape index (κ3) is 0.993. The molecule has 0 aromatic heterocycles. The van der Waals surface area contributed by atoms with Crippen molar-refractivity contribution in [2.45, 2.75) is 44.1 Å². The van der Waals surface area contributed by atoms with Crippen LogP contribution >= 0.6 is 11.8 Å². The lowest BCUT2D eigenvalue weighted by atomic mass is 9.65. The highest BCUT2D eigenvalue weighted by Gasteiger charge is 2.77. The molecule has 0 spiro atoms. The molecular weight excluding hydrogens is 276 g/mol. The molecule has 108 valence electrons. The molecule has 5 atom stereocenters. The second-order valence-electron chi connectivity index (χ2n) is 7.32. The summed E-state index contributed by atoms with van der Waals surface area (Å²) in [6.45, 7) is 5.36. The highest BCUT2D eigenvalue weighted by molar-refractivity contribution is 8.00. The zero-order valence-corrected chi connectivity index (χ0v) is 12.6. The summed E-state index contributed by atoms with van der Waals surface area (Å²) in [7, 11) is 0. The number of rotatable bonds is 0. The lowest BCUT2D eigenvalue weighted by molar-refractivity contribution is -0.128. The Balaban J connectivity index is 2.00. The maximum Gasteiger partial charge on any atom is 0.168 e. The van der Waals surface area contributed by atoms with Crippen LogP contribution < -0.4 is 0 Å². The van der Waals surface area contributed by atoms with Gasteiger partial charge in [-0.3, -0.25) is 9.59 Å². The third-order valence-electron chi connectivity index (χ3n) is 6.19. The highest BCUT2D eigenvalue weighted by Crippen LogP contribution is 2.71. The number of aliphatic hydroxyl groups is 2. The van der Waals surface area contributed by atoms with Crippen LogP contribution in [0.15, 0.2) is 11.1 Å². The predicted molar refractivity (Wildman–Crippen MR) is 74.2 cm³/mol. The topological polar surface area (TPSA) is 74.6 Å². The van der Waals surface area contributed by atoms with Crippen LogP contribution in [-0.4, -0.2) is 44.5 Å². The van der Waals surface area contributed by atoms with E-state index in [9.17, 15) is 19.8 Å². The minimum atomic E-state index is -1.19. The van der Waals surface area contributed by atoms with Crippen LogP contribution in [0.1, 0.15) is 27.2 Å².